The van der Waals surface area contributed by atoms with Gasteiger partial charge in [-0.05, 0) is 6.42 Å². The Bertz CT molecular complexity index is 644. The number of amides is 1. The maximum atomic E-state index is 11.6. The predicted molar refractivity (Wildman–Crippen MR) is 93.9 cm³/mol. The number of carbonyl (C=O) groups is 3. The molecule has 2 saturated heterocycles. The fraction of sp³-hybridized carbons (Fsp3) is 0.824. The average Bonchev–Trinajstić information content (AvgIpc) is 2.67. The van der Waals surface area contributed by atoms with Crippen molar-refractivity contribution in [2.75, 3.05) is 7.11 Å². The largest absolute Gasteiger partial charge is 0.479 e. The number of aliphatic carboxylic acids is 2. The number of hydrogen-bond acceptors (Lipinski definition) is 10. The number of hydrogen-bond donors (Lipinski definition) is 6. The van der Waals surface area contributed by atoms with E-state index in [-0.39, 0.29) is 6.42 Å². The molecule has 0 aliphatic carbocycles. The standard InChI is InChI=1S/C17H27NO12/c1-4-6-8(20)9(21)17(28-11(6)14(23)24)29-12-7(18-5(2)19)16(27-3)30-13(10(12)22)15(25)26/h6-13,16-17,20-22H,4H2,1-3H3,(H,18,19)(H,23,24)(H,25,26). The molecule has 2 rings (SSSR count). The van der Waals surface area contributed by atoms with E-state index in [4.69, 9.17) is 18.9 Å². The van der Waals surface area contributed by atoms with Crippen LogP contribution in [0.5, 0.6) is 0 Å². The second kappa shape index (κ2) is 9.96. The number of aliphatic hydroxyl groups is 3. The van der Waals surface area contributed by atoms with Crippen LogP contribution in [0.2, 0.25) is 0 Å². The number of methoxy groups -OCH3 is 1. The van der Waals surface area contributed by atoms with Gasteiger partial charge in [0.05, 0.1) is 6.10 Å². The molecule has 1 amide bonds. The summed E-state index contributed by atoms with van der Waals surface area (Å²) in [5.74, 6) is -4.45. The lowest BCUT2D eigenvalue weighted by Crippen LogP contribution is -2.68. The van der Waals surface area contributed by atoms with E-state index in [0.29, 0.717) is 0 Å². The third-order valence-electron chi connectivity index (χ3n) is 5.16. The minimum atomic E-state index is -1.86. The third kappa shape index (κ3) is 4.88. The molecule has 0 bridgehead atoms. The molecule has 30 heavy (non-hydrogen) atoms. The van der Waals surface area contributed by atoms with E-state index in [2.05, 4.69) is 5.32 Å². The molecule has 2 aliphatic heterocycles. The fourth-order valence-corrected chi connectivity index (χ4v) is 3.69. The van der Waals surface area contributed by atoms with Crippen LogP contribution >= 0.6 is 0 Å². The van der Waals surface area contributed by atoms with E-state index in [9.17, 15) is 39.9 Å². The Morgan fingerprint density at radius 1 is 0.933 bits per heavy atom. The zero-order chi connectivity index (χ0) is 22.7. The van der Waals surface area contributed by atoms with E-state index < -0.39 is 79.0 Å². The Morgan fingerprint density at radius 2 is 1.50 bits per heavy atom. The molecule has 0 aromatic carbocycles. The van der Waals surface area contributed by atoms with Crippen molar-refractivity contribution in [3.63, 3.8) is 0 Å². The Labute approximate surface area is 171 Å². The van der Waals surface area contributed by atoms with Crippen LogP contribution in [-0.4, -0.2) is 106 Å². The fourth-order valence-electron chi connectivity index (χ4n) is 3.69. The van der Waals surface area contributed by atoms with Crippen LogP contribution in [0.3, 0.4) is 0 Å². The smallest absolute Gasteiger partial charge is 0.335 e. The molecular formula is C17H27NO12. The molecule has 2 fully saturated rings. The molecule has 0 aromatic heterocycles. The van der Waals surface area contributed by atoms with Gasteiger partial charge in [0.2, 0.25) is 5.91 Å². The Morgan fingerprint density at radius 3 is 1.97 bits per heavy atom. The second-order valence-electron chi connectivity index (χ2n) is 7.13. The molecule has 10 unspecified atom stereocenters. The normalized spacial score (nSPS) is 41.8. The molecule has 172 valence electrons. The zero-order valence-corrected chi connectivity index (χ0v) is 16.6. The van der Waals surface area contributed by atoms with Gasteiger partial charge in [-0.15, -0.1) is 0 Å². The molecule has 0 saturated carbocycles. The maximum Gasteiger partial charge on any atom is 0.335 e. The summed E-state index contributed by atoms with van der Waals surface area (Å²) in [5.41, 5.74) is 0. The topological polar surface area (TPSA) is 201 Å². The molecular weight excluding hydrogens is 410 g/mol. The monoisotopic (exact) mass is 437 g/mol. The minimum absolute atomic E-state index is 0.184. The highest BCUT2D eigenvalue weighted by molar-refractivity contribution is 5.75. The first-order valence-corrected chi connectivity index (χ1v) is 9.29. The molecule has 13 heteroatoms. The second-order valence-corrected chi connectivity index (χ2v) is 7.13. The molecule has 2 aliphatic rings. The first kappa shape index (κ1) is 24.4. The van der Waals surface area contributed by atoms with Crippen LogP contribution in [0, 0.1) is 5.92 Å². The van der Waals surface area contributed by atoms with Gasteiger partial charge in [-0.1, -0.05) is 6.92 Å². The number of carbonyl (C=O) groups excluding carboxylic acids is 1. The van der Waals surface area contributed by atoms with Crippen LogP contribution < -0.4 is 5.32 Å². The van der Waals surface area contributed by atoms with Crippen LogP contribution in [0.25, 0.3) is 0 Å². The van der Waals surface area contributed by atoms with Gasteiger partial charge in [-0.3, -0.25) is 4.79 Å². The molecule has 13 nitrogen and oxygen atoms in total. The van der Waals surface area contributed by atoms with Crippen molar-refractivity contribution < 1.29 is 58.9 Å². The quantitative estimate of drug-likeness (QED) is 0.240. The van der Waals surface area contributed by atoms with E-state index in [1.54, 1.807) is 6.92 Å². The van der Waals surface area contributed by atoms with Gasteiger partial charge < -0.3 is 49.8 Å². The summed E-state index contributed by atoms with van der Waals surface area (Å²) >= 11 is 0. The first-order valence-electron chi connectivity index (χ1n) is 9.29. The minimum Gasteiger partial charge on any atom is -0.479 e. The Kier molecular flexibility index (Phi) is 8.10. The first-order chi connectivity index (χ1) is 14.0. The molecule has 0 spiro atoms. The van der Waals surface area contributed by atoms with Crippen molar-refractivity contribution in [1.29, 1.82) is 0 Å². The number of aliphatic hydroxyl groups excluding tert-OH is 3. The lowest BCUT2D eigenvalue weighted by Gasteiger charge is -2.46. The highest BCUT2D eigenvalue weighted by Crippen LogP contribution is 2.33. The highest BCUT2D eigenvalue weighted by atomic mass is 16.7. The average molecular weight is 437 g/mol. The van der Waals surface area contributed by atoms with Crippen molar-refractivity contribution in [3.05, 3.63) is 0 Å². The van der Waals surface area contributed by atoms with Gasteiger partial charge in [0.15, 0.2) is 24.8 Å². The molecule has 0 radical (unpaired) electrons. The third-order valence-corrected chi connectivity index (χ3v) is 5.16. The number of carboxylic acid groups (broad SMARTS) is 2. The van der Waals surface area contributed by atoms with Crippen LogP contribution in [0.1, 0.15) is 20.3 Å². The lowest BCUT2D eigenvalue weighted by atomic mass is 9.86. The van der Waals surface area contributed by atoms with E-state index in [0.717, 1.165) is 6.92 Å². The van der Waals surface area contributed by atoms with Gasteiger partial charge in [0, 0.05) is 20.0 Å². The van der Waals surface area contributed by atoms with Crippen LogP contribution in [0.15, 0.2) is 0 Å². The Hall–Kier alpha value is -1.87. The summed E-state index contributed by atoms with van der Waals surface area (Å²) in [5, 5.41) is 52.3. The summed E-state index contributed by atoms with van der Waals surface area (Å²) in [6, 6.07) is -1.24. The molecule has 6 N–H and O–H groups in total. The van der Waals surface area contributed by atoms with Crippen LogP contribution in [-0.2, 0) is 33.3 Å². The van der Waals surface area contributed by atoms with Crippen molar-refractivity contribution in [2.24, 2.45) is 5.92 Å². The van der Waals surface area contributed by atoms with Gasteiger partial charge in [-0.2, -0.15) is 0 Å². The van der Waals surface area contributed by atoms with Gasteiger partial charge in [0.25, 0.3) is 0 Å². The number of rotatable bonds is 7. The van der Waals surface area contributed by atoms with Crippen molar-refractivity contribution in [3.8, 4) is 0 Å². The molecule has 10 atom stereocenters. The summed E-state index contributed by atoms with van der Waals surface area (Å²) in [6.07, 6.45) is -12.9. The van der Waals surface area contributed by atoms with Crippen molar-refractivity contribution in [1.82, 2.24) is 5.32 Å². The Balaban J connectivity index is 2.34. The van der Waals surface area contributed by atoms with Gasteiger partial charge in [0.1, 0.15) is 24.4 Å². The van der Waals surface area contributed by atoms with Crippen LogP contribution in [0.4, 0.5) is 0 Å². The van der Waals surface area contributed by atoms with E-state index in [1.165, 1.54) is 7.11 Å². The highest BCUT2D eigenvalue weighted by Gasteiger charge is 2.54. The summed E-state index contributed by atoms with van der Waals surface area (Å²) in [7, 11) is 1.18. The zero-order valence-electron chi connectivity index (χ0n) is 16.6. The van der Waals surface area contributed by atoms with Gasteiger partial charge in [-0.25, -0.2) is 9.59 Å². The summed E-state index contributed by atoms with van der Waals surface area (Å²) < 4.78 is 21.1. The van der Waals surface area contributed by atoms with E-state index >= 15 is 0 Å². The summed E-state index contributed by atoms with van der Waals surface area (Å²) in [6.45, 7) is 2.76. The predicted octanol–water partition coefficient (Wildman–Crippen LogP) is -2.75. The molecule has 2 heterocycles. The van der Waals surface area contributed by atoms with Crippen molar-refractivity contribution >= 4 is 17.8 Å². The summed E-state index contributed by atoms with van der Waals surface area (Å²) in [4.78, 5) is 34.6. The lowest BCUT2D eigenvalue weighted by molar-refractivity contribution is -0.331. The van der Waals surface area contributed by atoms with Crippen molar-refractivity contribution in [2.45, 2.75) is 75.5 Å². The number of nitrogens with one attached hydrogen (secondary N) is 1. The van der Waals surface area contributed by atoms with Gasteiger partial charge >= 0.3 is 11.9 Å². The molecule has 0 aromatic rings. The maximum absolute atomic E-state index is 11.6. The number of ether oxygens (including phenoxy) is 4. The van der Waals surface area contributed by atoms with E-state index in [1.807, 2.05) is 0 Å². The number of carboxylic acids is 2. The SMILES string of the molecule is CCC1C(C(=O)O)OC(OC2C(O)C(C(=O)O)OC(OC)C2NC(C)=O)C(O)C1O.